The van der Waals surface area contributed by atoms with Crippen LogP contribution in [-0.2, 0) is 22.6 Å². The van der Waals surface area contributed by atoms with Crippen LogP contribution in [0.1, 0.15) is 40.7 Å². The molecule has 22 heavy (non-hydrogen) atoms. The number of aryl methyl sites for hydroxylation is 1. The Balaban J connectivity index is 1.79. The van der Waals surface area contributed by atoms with Crippen molar-refractivity contribution in [1.29, 1.82) is 0 Å². The summed E-state index contributed by atoms with van der Waals surface area (Å²) < 4.78 is 0. The molecule has 2 heterocycles. The molecule has 0 radical (unpaired) electrons. The number of nitrogens with one attached hydrogen (secondary N) is 1. The molecule has 0 aromatic heterocycles. The number of imide groups is 1. The average molecular weight is 301 g/mol. The molecule has 6 nitrogen and oxygen atoms in total. The van der Waals surface area contributed by atoms with Gasteiger partial charge in [-0.25, -0.2) is 0 Å². The van der Waals surface area contributed by atoms with Crippen LogP contribution in [0.15, 0.2) is 18.2 Å². The zero-order valence-corrected chi connectivity index (χ0v) is 12.3. The lowest BCUT2D eigenvalue weighted by Gasteiger charge is -2.29. The minimum Gasteiger partial charge on any atom is -0.330 e. The largest absolute Gasteiger partial charge is 0.330 e. The molecule has 1 atom stereocenters. The summed E-state index contributed by atoms with van der Waals surface area (Å²) in [6.45, 7) is 1.05. The maximum absolute atomic E-state index is 12.6. The smallest absolute Gasteiger partial charge is 0.255 e. The molecule has 1 fully saturated rings. The van der Waals surface area contributed by atoms with E-state index in [1.54, 1.807) is 4.90 Å². The molecule has 0 spiro atoms. The third kappa shape index (κ3) is 2.62. The topological polar surface area (TPSA) is 92.5 Å². The molecule has 0 bridgehead atoms. The molecule has 0 aliphatic carbocycles. The van der Waals surface area contributed by atoms with Crippen LogP contribution < -0.4 is 11.1 Å². The summed E-state index contributed by atoms with van der Waals surface area (Å²) in [5, 5.41) is 2.31. The Morgan fingerprint density at radius 1 is 1.27 bits per heavy atom. The average Bonchev–Trinajstić information content (AvgIpc) is 2.82. The molecule has 6 heteroatoms. The van der Waals surface area contributed by atoms with Gasteiger partial charge < -0.3 is 10.6 Å². The van der Waals surface area contributed by atoms with E-state index in [0.717, 1.165) is 24.0 Å². The van der Waals surface area contributed by atoms with Gasteiger partial charge in [-0.2, -0.15) is 0 Å². The fraction of sp³-hybridized carbons (Fsp3) is 0.438. The second-order valence-electron chi connectivity index (χ2n) is 5.78. The second kappa shape index (κ2) is 5.88. The Bertz CT molecular complexity index is 642. The summed E-state index contributed by atoms with van der Waals surface area (Å²) in [7, 11) is 0. The third-order valence-corrected chi connectivity index (χ3v) is 4.26. The van der Waals surface area contributed by atoms with Gasteiger partial charge in [-0.3, -0.25) is 19.7 Å². The van der Waals surface area contributed by atoms with Gasteiger partial charge >= 0.3 is 0 Å². The number of rotatable bonds is 4. The SMILES string of the molecule is NCCCc1ccc2c(c1)C(=O)N(C1CCC(=O)NC1=O)C2. The van der Waals surface area contributed by atoms with Gasteiger partial charge in [0.15, 0.2) is 0 Å². The number of amides is 3. The quantitative estimate of drug-likeness (QED) is 0.784. The molecule has 3 amide bonds. The highest BCUT2D eigenvalue weighted by atomic mass is 16.2. The standard InChI is InChI=1S/C16H19N3O3/c17-7-1-2-10-3-4-11-9-19(16(22)12(11)8-10)13-5-6-14(20)18-15(13)21/h3-4,8,13H,1-2,5-7,9,17H2,(H,18,20,21). The van der Waals surface area contributed by atoms with Crippen LogP contribution in [0.2, 0.25) is 0 Å². The van der Waals surface area contributed by atoms with E-state index in [2.05, 4.69) is 5.32 Å². The summed E-state index contributed by atoms with van der Waals surface area (Å²) in [6, 6.07) is 5.31. The van der Waals surface area contributed by atoms with Gasteiger partial charge in [0, 0.05) is 18.5 Å². The van der Waals surface area contributed by atoms with Gasteiger partial charge in [0.25, 0.3) is 5.91 Å². The molecule has 3 rings (SSSR count). The Hall–Kier alpha value is -2.21. The number of carbonyl (C=O) groups is 3. The predicted octanol–water partition coefficient (Wildman–Crippen LogP) is 0.339. The van der Waals surface area contributed by atoms with Crippen LogP contribution in [0.25, 0.3) is 0 Å². The van der Waals surface area contributed by atoms with Crippen LogP contribution in [0.5, 0.6) is 0 Å². The number of fused-ring (bicyclic) bond motifs is 1. The number of carbonyl (C=O) groups excluding carboxylic acids is 3. The van der Waals surface area contributed by atoms with Gasteiger partial charge in [0.2, 0.25) is 11.8 Å². The highest BCUT2D eigenvalue weighted by molar-refractivity contribution is 6.05. The number of nitrogens with two attached hydrogens (primary N) is 1. The molecular formula is C16H19N3O3. The summed E-state index contributed by atoms with van der Waals surface area (Å²) >= 11 is 0. The van der Waals surface area contributed by atoms with Crippen molar-refractivity contribution in [3.63, 3.8) is 0 Å². The molecule has 1 unspecified atom stereocenters. The molecule has 2 aliphatic rings. The van der Waals surface area contributed by atoms with Crippen molar-refractivity contribution >= 4 is 17.7 Å². The Kier molecular flexibility index (Phi) is 3.94. The molecule has 3 N–H and O–H groups in total. The van der Waals surface area contributed by atoms with E-state index >= 15 is 0 Å². The molecular weight excluding hydrogens is 282 g/mol. The number of hydrogen-bond acceptors (Lipinski definition) is 4. The molecule has 1 saturated heterocycles. The van der Waals surface area contributed by atoms with Crippen LogP contribution in [-0.4, -0.2) is 35.2 Å². The van der Waals surface area contributed by atoms with Crippen LogP contribution in [0.4, 0.5) is 0 Å². The van der Waals surface area contributed by atoms with E-state index in [9.17, 15) is 14.4 Å². The van der Waals surface area contributed by atoms with Crippen LogP contribution in [0.3, 0.4) is 0 Å². The van der Waals surface area contributed by atoms with Gasteiger partial charge in [-0.1, -0.05) is 12.1 Å². The number of piperidine rings is 1. The van der Waals surface area contributed by atoms with Crippen molar-refractivity contribution in [2.45, 2.75) is 38.3 Å². The van der Waals surface area contributed by atoms with E-state index in [0.29, 0.717) is 25.1 Å². The first-order chi connectivity index (χ1) is 10.6. The highest BCUT2D eigenvalue weighted by Gasteiger charge is 2.38. The minimum atomic E-state index is -0.551. The van der Waals surface area contributed by atoms with Crippen molar-refractivity contribution in [3.05, 3.63) is 34.9 Å². The molecule has 1 aromatic carbocycles. The van der Waals surface area contributed by atoms with E-state index < -0.39 is 6.04 Å². The number of hydrogen-bond donors (Lipinski definition) is 2. The highest BCUT2D eigenvalue weighted by Crippen LogP contribution is 2.28. The van der Waals surface area contributed by atoms with Crippen molar-refractivity contribution < 1.29 is 14.4 Å². The van der Waals surface area contributed by atoms with E-state index in [4.69, 9.17) is 5.73 Å². The van der Waals surface area contributed by atoms with E-state index in [-0.39, 0.29) is 24.1 Å². The first kappa shape index (κ1) is 14.7. The molecule has 2 aliphatic heterocycles. The Morgan fingerprint density at radius 2 is 2.09 bits per heavy atom. The molecule has 1 aromatic rings. The summed E-state index contributed by atoms with van der Waals surface area (Å²) in [6.07, 6.45) is 2.39. The Labute approximate surface area is 128 Å². The van der Waals surface area contributed by atoms with Gasteiger partial charge in [0.1, 0.15) is 6.04 Å². The maximum atomic E-state index is 12.6. The zero-order valence-electron chi connectivity index (χ0n) is 12.3. The second-order valence-corrected chi connectivity index (χ2v) is 5.78. The molecule has 0 saturated carbocycles. The monoisotopic (exact) mass is 301 g/mol. The lowest BCUT2D eigenvalue weighted by molar-refractivity contribution is -0.136. The van der Waals surface area contributed by atoms with Crippen molar-refractivity contribution in [2.75, 3.05) is 6.54 Å². The normalized spacial score (nSPS) is 21.0. The van der Waals surface area contributed by atoms with Crippen molar-refractivity contribution in [2.24, 2.45) is 5.73 Å². The van der Waals surface area contributed by atoms with E-state index in [1.807, 2.05) is 18.2 Å². The summed E-state index contributed by atoms with van der Waals surface area (Å²) in [4.78, 5) is 37.3. The van der Waals surface area contributed by atoms with Crippen LogP contribution in [0, 0.1) is 0 Å². The van der Waals surface area contributed by atoms with Crippen molar-refractivity contribution in [1.82, 2.24) is 10.2 Å². The van der Waals surface area contributed by atoms with Gasteiger partial charge in [-0.05, 0) is 43.0 Å². The lowest BCUT2D eigenvalue weighted by Crippen LogP contribution is -2.52. The summed E-state index contributed by atoms with van der Waals surface area (Å²) in [5.41, 5.74) is 8.20. The minimum absolute atomic E-state index is 0.126. The fourth-order valence-electron chi connectivity index (χ4n) is 3.06. The first-order valence-electron chi connectivity index (χ1n) is 7.56. The van der Waals surface area contributed by atoms with E-state index in [1.165, 1.54) is 0 Å². The zero-order chi connectivity index (χ0) is 15.7. The van der Waals surface area contributed by atoms with Crippen molar-refractivity contribution in [3.8, 4) is 0 Å². The summed E-state index contributed by atoms with van der Waals surface area (Å²) in [5.74, 6) is -0.769. The fourth-order valence-corrected chi connectivity index (χ4v) is 3.06. The number of nitrogens with zero attached hydrogens (tertiary/aromatic N) is 1. The lowest BCUT2D eigenvalue weighted by atomic mass is 10.0. The maximum Gasteiger partial charge on any atom is 0.255 e. The Morgan fingerprint density at radius 3 is 2.82 bits per heavy atom. The third-order valence-electron chi connectivity index (χ3n) is 4.26. The predicted molar refractivity (Wildman–Crippen MR) is 79.9 cm³/mol. The molecule has 116 valence electrons. The van der Waals surface area contributed by atoms with Crippen LogP contribution >= 0.6 is 0 Å². The first-order valence-corrected chi connectivity index (χ1v) is 7.56. The number of benzene rings is 1. The van der Waals surface area contributed by atoms with Gasteiger partial charge in [-0.15, -0.1) is 0 Å². The van der Waals surface area contributed by atoms with Gasteiger partial charge in [0.05, 0.1) is 0 Å².